The Morgan fingerprint density at radius 2 is 2.00 bits per heavy atom. The van der Waals surface area contributed by atoms with Crippen LogP contribution < -0.4 is 0 Å². The summed E-state index contributed by atoms with van der Waals surface area (Å²) in [5.41, 5.74) is 2.00. The highest BCUT2D eigenvalue weighted by atomic mass is 16.6. The molecule has 0 aliphatic heterocycles. The Morgan fingerprint density at radius 3 is 2.60 bits per heavy atom. The number of fused-ring (bicyclic) bond motifs is 1. The quantitative estimate of drug-likeness (QED) is 0.574. The first-order valence-corrected chi connectivity index (χ1v) is 4.90. The van der Waals surface area contributed by atoms with Crippen molar-refractivity contribution >= 4 is 16.6 Å². The molecule has 1 N–H and O–H groups in total. The van der Waals surface area contributed by atoms with Gasteiger partial charge in [0.05, 0.1) is 4.92 Å². The molecule has 4 nitrogen and oxygen atoms in total. The van der Waals surface area contributed by atoms with Crippen molar-refractivity contribution in [2.45, 2.75) is 20.8 Å². The van der Waals surface area contributed by atoms with E-state index < -0.39 is 0 Å². The second-order valence-electron chi connectivity index (χ2n) is 2.96. The van der Waals surface area contributed by atoms with Crippen LogP contribution in [0.1, 0.15) is 19.4 Å². The topological polar surface area (TPSA) is 58.9 Å². The van der Waals surface area contributed by atoms with E-state index in [2.05, 4.69) is 4.98 Å². The summed E-state index contributed by atoms with van der Waals surface area (Å²) in [5, 5.41) is 11.4. The predicted molar refractivity (Wildman–Crippen MR) is 61.0 cm³/mol. The van der Waals surface area contributed by atoms with E-state index in [0.717, 1.165) is 16.5 Å². The molecular weight excluding hydrogens is 192 g/mol. The van der Waals surface area contributed by atoms with Crippen LogP contribution in [-0.2, 0) is 0 Å². The molecule has 0 aliphatic rings. The molecule has 0 amide bonds. The van der Waals surface area contributed by atoms with E-state index in [4.69, 9.17) is 0 Å². The van der Waals surface area contributed by atoms with Crippen LogP contribution in [0.3, 0.4) is 0 Å². The average molecular weight is 206 g/mol. The van der Waals surface area contributed by atoms with Gasteiger partial charge in [0, 0.05) is 29.2 Å². The van der Waals surface area contributed by atoms with Crippen molar-refractivity contribution in [3.8, 4) is 0 Å². The summed E-state index contributed by atoms with van der Waals surface area (Å²) in [6.45, 7) is 5.85. The summed E-state index contributed by atoms with van der Waals surface area (Å²) >= 11 is 0. The third kappa shape index (κ3) is 2.15. The Balaban J connectivity index is 0.000000531. The first kappa shape index (κ1) is 11.2. The maximum absolute atomic E-state index is 10.5. The van der Waals surface area contributed by atoms with Crippen molar-refractivity contribution in [1.29, 1.82) is 0 Å². The largest absolute Gasteiger partial charge is 0.361 e. The van der Waals surface area contributed by atoms with Crippen molar-refractivity contribution in [2.75, 3.05) is 0 Å². The van der Waals surface area contributed by atoms with Crippen LogP contribution in [0.25, 0.3) is 10.9 Å². The molecule has 0 spiro atoms. The molecule has 0 bridgehead atoms. The lowest BCUT2D eigenvalue weighted by molar-refractivity contribution is -0.384. The molecule has 2 rings (SSSR count). The molecular formula is C11H14N2O2. The van der Waals surface area contributed by atoms with Gasteiger partial charge in [-0.2, -0.15) is 0 Å². The van der Waals surface area contributed by atoms with Gasteiger partial charge in [0.2, 0.25) is 0 Å². The number of hydrogen-bond acceptors (Lipinski definition) is 2. The van der Waals surface area contributed by atoms with E-state index in [-0.39, 0.29) is 10.6 Å². The number of nitrogens with zero attached hydrogens (tertiary/aromatic N) is 1. The van der Waals surface area contributed by atoms with Gasteiger partial charge in [0.15, 0.2) is 0 Å². The van der Waals surface area contributed by atoms with Crippen LogP contribution in [0.4, 0.5) is 5.69 Å². The van der Waals surface area contributed by atoms with Crippen molar-refractivity contribution in [3.63, 3.8) is 0 Å². The Bertz CT molecular complexity index is 474. The summed E-state index contributed by atoms with van der Waals surface area (Å²) in [7, 11) is 0. The summed E-state index contributed by atoms with van der Waals surface area (Å²) in [6, 6.07) is 4.97. The van der Waals surface area contributed by atoms with E-state index in [0.29, 0.717) is 0 Å². The number of nitrogens with one attached hydrogen (secondary N) is 1. The highest BCUT2D eigenvalue weighted by Crippen LogP contribution is 2.23. The van der Waals surface area contributed by atoms with E-state index in [1.54, 1.807) is 18.3 Å². The Labute approximate surface area is 88.1 Å². The molecule has 0 atom stereocenters. The van der Waals surface area contributed by atoms with Crippen molar-refractivity contribution in [3.05, 3.63) is 40.1 Å². The Kier molecular flexibility index (Phi) is 3.44. The molecule has 0 saturated heterocycles. The summed E-state index contributed by atoms with van der Waals surface area (Å²) < 4.78 is 0. The molecule has 0 saturated carbocycles. The molecule has 0 unspecified atom stereocenters. The molecule has 1 heterocycles. The van der Waals surface area contributed by atoms with Gasteiger partial charge in [-0.25, -0.2) is 0 Å². The highest BCUT2D eigenvalue weighted by Gasteiger charge is 2.08. The highest BCUT2D eigenvalue weighted by molar-refractivity contribution is 5.84. The van der Waals surface area contributed by atoms with Crippen molar-refractivity contribution < 1.29 is 4.92 Å². The number of H-pyrrole nitrogens is 1. The standard InChI is InChI=1S/C9H8N2O2.C2H6/c1-6-4-8(11(12)13)5-7-2-3-10-9(6)7;1-2/h2-5,10H,1H3;1-2H3. The summed E-state index contributed by atoms with van der Waals surface area (Å²) in [6.07, 6.45) is 1.78. The molecule has 4 heteroatoms. The van der Waals surface area contributed by atoms with Crippen LogP contribution in [0.2, 0.25) is 0 Å². The number of aromatic nitrogens is 1. The molecule has 0 radical (unpaired) electrons. The fourth-order valence-electron chi connectivity index (χ4n) is 1.44. The lowest BCUT2D eigenvalue weighted by atomic mass is 10.1. The minimum absolute atomic E-state index is 0.143. The van der Waals surface area contributed by atoms with Crippen LogP contribution >= 0.6 is 0 Å². The zero-order valence-corrected chi connectivity index (χ0v) is 9.07. The minimum Gasteiger partial charge on any atom is -0.361 e. The van der Waals surface area contributed by atoms with Gasteiger partial charge in [-0.1, -0.05) is 13.8 Å². The fraction of sp³-hybridized carbons (Fsp3) is 0.273. The number of rotatable bonds is 1. The van der Waals surface area contributed by atoms with Crippen LogP contribution in [0.15, 0.2) is 24.4 Å². The minimum atomic E-state index is -0.376. The lowest BCUT2D eigenvalue weighted by Crippen LogP contribution is -1.88. The molecule has 0 aliphatic carbocycles. The second-order valence-corrected chi connectivity index (χ2v) is 2.96. The van der Waals surface area contributed by atoms with E-state index >= 15 is 0 Å². The number of benzene rings is 1. The van der Waals surface area contributed by atoms with Crippen molar-refractivity contribution in [1.82, 2.24) is 4.98 Å². The lowest BCUT2D eigenvalue weighted by Gasteiger charge is -1.96. The second kappa shape index (κ2) is 4.59. The van der Waals surface area contributed by atoms with Gasteiger partial charge >= 0.3 is 0 Å². The molecule has 1 aromatic carbocycles. The van der Waals surface area contributed by atoms with Gasteiger partial charge < -0.3 is 4.98 Å². The Morgan fingerprint density at radius 1 is 1.33 bits per heavy atom. The number of non-ortho nitro benzene ring substituents is 1. The third-order valence-electron chi connectivity index (χ3n) is 2.05. The third-order valence-corrected chi connectivity index (χ3v) is 2.05. The summed E-state index contributed by atoms with van der Waals surface area (Å²) in [5.74, 6) is 0. The molecule has 80 valence electrons. The molecule has 0 fully saturated rings. The van der Waals surface area contributed by atoms with Gasteiger partial charge in [0.25, 0.3) is 5.69 Å². The normalized spacial score (nSPS) is 9.53. The SMILES string of the molecule is CC.Cc1cc([N+](=O)[O-])cc2cc[nH]c12. The number of aromatic amines is 1. The monoisotopic (exact) mass is 206 g/mol. The first-order chi connectivity index (χ1) is 7.18. The van der Waals surface area contributed by atoms with Gasteiger partial charge in [-0.15, -0.1) is 0 Å². The van der Waals surface area contributed by atoms with Gasteiger partial charge in [0.1, 0.15) is 0 Å². The number of hydrogen-bond donors (Lipinski definition) is 1. The number of nitro groups is 1. The van der Waals surface area contributed by atoms with Crippen LogP contribution in [-0.4, -0.2) is 9.91 Å². The zero-order valence-electron chi connectivity index (χ0n) is 9.07. The average Bonchev–Trinajstić information content (AvgIpc) is 2.69. The maximum atomic E-state index is 10.5. The van der Waals surface area contributed by atoms with Crippen molar-refractivity contribution in [2.24, 2.45) is 0 Å². The van der Waals surface area contributed by atoms with E-state index in [9.17, 15) is 10.1 Å². The Hall–Kier alpha value is -1.84. The van der Waals surface area contributed by atoms with Crippen LogP contribution in [0, 0.1) is 17.0 Å². The molecule has 1 aromatic heterocycles. The smallest absolute Gasteiger partial charge is 0.270 e. The van der Waals surface area contributed by atoms with E-state index in [1.165, 1.54) is 0 Å². The van der Waals surface area contributed by atoms with Gasteiger partial charge in [-0.3, -0.25) is 10.1 Å². The predicted octanol–water partition coefficient (Wildman–Crippen LogP) is 3.41. The first-order valence-electron chi connectivity index (χ1n) is 4.90. The van der Waals surface area contributed by atoms with E-state index in [1.807, 2.05) is 26.8 Å². The van der Waals surface area contributed by atoms with Gasteiger partial charge in [-0.05, 0) is 18.6 Å². The zero-order chi connectivity index (χ0) is 11.4. The number of nitro benzene ring substituents is 1. The maximum Gasteiger partial charge on any atom is 0.270 e. The molecule has 15 heavy (non-hydrogen) atoms. The summed E-state index contributed by atoms with van der Waals surface area (Å²) in [4.78, 5) is 13.2. The molecule has 2 aromatic rings. The number of aryl methyl sites for hydroxylation is 1. The fourth-order valence-corrected chi connectivity index (χ4v) is 1.44. The van der Waals surface area contributed by atoms with Crippen LogP contribution in [0.5, 0.6) is 0 Å².